The third-order valence-electron chi connectivity index (χ3n) is 5.56. The predicted octanol–water partition coefficient (Wildman–Crippen LogP) is 3.43. The summed E-state index contributed by atoms with van der Waals surface area (Å²) in [5.41, 5.74) is 5.28. The van der Waals surface area contributed by atoms with Gasteiger partial charge in [-0.2, -0.15) is 0 Å². The number of para-hydroxylation sites is 1. The van der Waals surface area contributed by atoms with Crippen LogP contribution in [-0.4, -0.2) is 42.6 Å². The minimum absolute atomic E-state index is 1.11. The molecule has 0 bridgehead atoms. The molecule has 1 fully saturated rings. The molecule has 136 valence electrons. The Morgan fingerprint density at radius 3 is 2.50 bits per heavy atom. The van der Waals surface area contributed by atoms with Gasteiger partial charge in [-0.25, -0.2) is 0 Å². The van der Waals surface area contributed by atoms with E-state index in [0.29, 0.717) is 0 Å². The normalized spacial score (nSPS) is 15.1. The molecule has 0 unspecified atom stereocenters. The highest BCUT2D eigenvalue weighted by Gasteiger charge is 2.13. The van der Waals surface area contributed by atoms with Crippen molar-refractivity contribution in [1.29, 1.82) is 0 Å². The van der Waals surface area contributed by atoms with E-state index in [-0.39, 0.29) is 0 Å². The maximum absolute atomic E-state index is 3.65. The van der Waals surface area contributed by atoms with Crippen LogP contribution in [0.25, 0.3) is 22.2 Å². The highest BCUT2D eigenvalue weighted by atomic mass is 15.1. The van der Waals surface area contributed by atoms with Gasteiger partial charge in [0.15, 0.2) is 0 Å². The fraction of sp³-hybridized carbons (Fsp3) is 0.391. The number of aromatic amines is 1. The van der Waals surface area contributed by atoms with E-state index in [1.54, 1.807) is 0 Å². The standard InChI is InChI=1S/C23H29N3/c1-2-9-19(10-3-1)23-21(20-11-4-5-12-22(20)25-23)13-15-24-14-8-18-26-16-6-7-17-26/h1-5,9-12,24-25H,6-8,13-18H2/p+1. The van der Waals surface area contributed by atoms with E-state index in [9.17, 15) is 0 Å². The van der Waals surface area contributed by atoms with Gasteiger partial charge in [0, 0.05) is 36.0 Å². The minimum Gasteiger partial charge on any atom is -0.354 e. The Kier molecular flexibility index (Phi) is 5.68. The van der Waals surface area contributed by atoms with Gasteiger partial charge in [0.05, 0.1) is 13.1 Å². The van der Waals surface area contributed by atoms with Gasteiger partial charge in [-0.05, 0) is 43.1 Å². The van der Waals surface area contributed by atoms with Crippen LogP contribution in [0.5, 0.6) is 0 Å². The number of benzene rings is 2. The molecule has 0 aliphatic carbocycles. The van der Waals surface area contributed by atoms with Gasteiger partial charge in [-0.1, -0.05) is 48.5 Å². The van der Waals surface area contributed by atoms with E-state index in [4.69, 9.17) is 0 Å². The number of nitrogens with zero attached hydrogens (tertiary/aromatic N) is 1. The number of hydrogen-bond acceptors (Lipinski definition) is 1. The smallest absolute Gasteiger partial charge is 0.0797 e. The number of fused-ring (bicyclic) bond motifs is 1. The summed E-state index contributed by atoms with van der Waals surface area (Å²) in [6, 6.07) is 19.4. The van der Waals surface area contributed by atoms with Gasteiger partial charge in [0.2, 0.25) is 0 Å². The second-order valence-electron chi connectivity index (χ2n) is 7.41. The average molecular weight is 349 g/mol. The molecule has 0 spiro atoms. The van der Waals surface area contributed by atoms with E-state index in [2.05, 4.69) is 69.8 Å². The first-order valence-corrected chi connectivity index (χ1v) is 10.1. The molecule has 1 saturated heterocycles. The van der Waals surface area contributed by atoms with Crippen molar-refractivity contribution in [2.24, 2.45) is 0 Å². The highest BCUT2D eigenvalue weighted by molar-refractivity contribution is 5.90. The van der Waals surface area contributed by atoms with Gasteiger partial charge >= 0.3 is 0 Å². The maximum Gasteiger partial charge on any atom is 0.0797 e. The molecule has 3 heteroatoms. The fourth-order valence-electron chi connectivity index (χ4n) is 4.17. The Balaban J connectivity index is 1.39. The van der Waals surface area contributed by atoms with E-state index in [0.717, 1.165) is 13.0 Å². The number of H-pyrrole nitrogens is 1. The van der Waals surface area contributed by atoms with Crippen molar-refractivity contribution in [2.75, 3.05) is 32.7 Å². The predicted molar refractivity (Wildman–Crippen MR) is 109 cm³/mol. The number of rotatable bonds is 8. The Hall–Kier alpha value is -2.10. The van der Waals surface area contributed by atoms with Crippen molar-refractivity contribution in [3.8, 4) is 11.3 Å². The quantitative estimate of drug-likeness (QED) is 0.601. The van der Waals surface area contributed by atoms with Crippen molar-refractivity contribution in [3.05, 3.63) is 60.2 Å². The second-order valence-corrected chi connectivity index (χ2v) is 7.41. The third kappa shape index (κ3) is 4.00. The molecule has 1 aliphatic rings. The number of quaternary nitrogens is 1. The summed E-state index contributed by atoms with van der Waals surface area (Å²) >= 11 is 0. The zero-order valence-electron chi connectivity index (χ0n) is 15.6. The van der Waals surface area contributed by atoms with Gasteiger partial charge in [0.25, 0.3) is 0 Å². The topological polar surface area (TPSA) is 35.6 Å². The van der Waals surface area contributed by atoms with Crippen LogP contribution in [0, 0.1) is 0 Å². The molecule has 0 saturated carbocycles. The molecule has 3 aromatic rings. The molecule has 4 rings (SSSR count). The van der Waals surface area contributed by atoms with Gasteiger partial charge in [-0.15, -0.1) is 0 Å². The molecular weight excluding hydrogens is 318 g/mol. The summed E-state index contributed by atoms with van der Waals surface area (Å²) < 4.78 is 0. The van der Waals surface area contributed by atoms with Crippen LogP contribution in [0.2, 0.25) is 0 Å². The summed E-state index contributed by atoms with van der Waals surface area (Å²) in [4.78, 5) is 6.26. The Labute approximate surface area is 156 Å². The Bertz CT molecular complexity index is 816. The van der Waals surface area contributed by atoms with Gasteiger partial charge in [-0.3, -0.25) is 0 Å². The molecule has 3 N–H and O–H groups in total. The van der Waals surface area contributed by atoms with Crippen LogP contribution < -0.4 is 5.32 Å². The molecular formula is C23H30N3+. The third-order valence-corrected chi connectivity index (χ3v) is 5.56. The summed E-state index contributed by atoms with van der Waals surface area (Å²) in [6.45, 7) is 6.30. The largest absolute Gasteiger partial charge is 0.354 e. The molecule has 3 nitrogen and oxygen atoms in total. The van der Waals surface area contributed by atoms with Crippen molar-refractivity contribution < 1.29 is 5.32 Å². The number of aromatic nitrogens is 1. The zero-order valence-corrected chi connectivity index (χ0v) is 15.6. The van der Waals surface area contributed by atoms with Crippen molar-refractivity contribution in [1.82, 2.24) is 9.88 Å². The first kappa shape index (κ1) is 17.3. The van der Waals surface area contributed by atoms with E-state index in [1.807, 2.05) is 0 Å². The first-order valence-electron chi connectivity index (χ1n) is 10.1. The lowest BCUT2D eigenvalue weighted by molar-refractivity contribution is -0.654. The molecule has 2 heterocycles. The molecule has 0 amide bonds. The highest BCUT2D eigenvalue weighted by Crippen LogP contribution is 2.30. The summed E-state index contributed by atoms with van der Waals surface area (Å²) in [6.07, 6.45) is 5.20. The lowest BCUT2D eigenvalue weighted by atomic mass is 10.0. The molecule has 0 atom stereocenters. The fourth-order valence-corrected chi connectivity index (χ4v) is 4.17. The van der Waals surface area contributed by atoms with Crippen LogP contribution >= 0.6 is 0 Å². The van der Waals surface area contributed by atoms with Crippen LogP contribution in [0.1, 0.15) is 24.8 Å². The average Bonchev–Trinajstić information content (AvgIpc) is 3.33. The number of nitrogens with one attached hydrogen (secondary N) is 1. The number of hydrogen-bond donors (Lipinski definition) is 2. The van der Waals surface area contributed by atoms with Gasteiger partial charge in [0.1, 0.15) is 0 Å². The molecule has 1 aliphatic heterocycles. The van der Waals surface area contributed by atoms with E-state index in [1.165, 1.54) is 73.2 Å². The van der Waals surface area contributed by atoms with Crippen molar-refractivity contribution >= 4 is 10.9 Å². The molecule has 1 aromatic heterocycles. The summed E-state index contributed by atoms with van der Waals surface area (Å²) in [5, 5.41) is 3.86. The monoisotopic (exact) mass is 348 g/mol. The van der Waals surface area contributed by atoms with Crippen LogP contribution in [0.3, 0.4) is 0 Å². The van der Waals surface area contributed by atoms with Crippen LogP contribution in [-0.2, 0) is 6.42 Å². The Morgan fingerprint density at radius 1 is 0.885 bits per heavy atom. The van der Waals surface area contributed by atoms with Crippen molar-refractivity contribution in [3.63, 3.8) is 0 Å². The summed E-state index contributed by atoms with van der Waals surface area (Å²) in [7, 11) is 0. The lowest BCUT2D eigenvalue weighted by Crippen LogP contribution is -2.85. The SMILES string of the molecule is c1ccc(-c2[nH]c3ccccc3c2CC[NH2+]CCCN2CCCC2)cc1. The molecule has 0 radical (unpaired) electrons. The summed E-state index contributed by atoms with van der Waals surface area (Å²) in [5.74, 6) is 0. The number of nitrogens with two attached hydrogens (primary N) is 1. The van der Waals surface area contributed by atoms with Gasteiger partial charge < -0.3 is 15.2 Å². The van der Waals surface area contributed by atoms with Crippen LogP contribution in [0.15, 0.2) is 54.6 Å². The molecule has 2 aromatic carbocycles. The van der Waals surface area contributed by atoms with E-state index < -0.39 is 0 Å². The lowest BCUT2D eigenvalue weighted by Gasteiger charge is -2.13. The Morgan fingerprint density at radius 2 is 1.65 bits per heavy atom. The minimum atomic E-state index is 1.11. The van der Waals surface area contributed by atoms with E-state index >= 15 is 0 Å². The zero-order chi connectivity index (χ0) is 17.6. The molecule has 26 heavy (non-hydrogen) atoms. The maximum atomic E-state index is 3.65. The number of likely N-dealkylation sites (tertiary alicyclic amines) is 1. The van der Waals surface area contributed by atoms with Crippen LogP contribution in [0.4, 0.5) is 0 Å². The van der Waals surface area contributed by atoms with Crippen molar-refractivity contribution in [2.45, 2.75) is 25.7 Å². The second kappa shape index (κ2) is 8.52. The first-order chi connectivity index (χ1) is 12.9.